The van der Waals surface area contributed by atoms with Gasteiger partial charge in [-0.25, -0.2) is 10.8 Å². The predicted octanol–water partition coefficient (Wildman–Crippen LogP) is 2.55. The minimum atomic E-state index is 0.497. The summed E-state index contributed by atoms with van der Waals surface area (Å²) < 4.78 is 6.81. The smallest absolute Gasteiger partial charge is 0.140 e. The van der Waals surface area contributed by atoms with Gasteiger partial charge in [0.15, 0.2) is 0 Å². The number of aromatic nitrogens is 1. The van der Waals surface area contributed by atoms with Gasteiger partial charge in [-0.15, -0.1) is 0 Å². The number of rotatable bonds is 4. The quantitative estimate of drug-likeness (QED) is 0.510. The lowest BCUT2D eigenvalue weighted by Gasteiger charge is -2.08. The lowest BCUT2D eigenvalue weighted by atomic mass is 10.3. The number of hydrogen-bond acceptors (Lipinski definition) is 4. The first kappa shape index (κ1) is 12.1. The monoisotopic (exact) mass is 341 g/mol. The number of nitrogens with one attached hydrogen (secondary N) is 1. The molecule has 1 aromatic heterocycles. The first-order chi connectivity index (χ1) is 8.29. The number of anilines is 1. The van der Waals surface area contributed by atoms with E-state index in [1.165, 1.54) is 0 Å². The predicted molar refractivity (Wildman–Crippen MR) is 75.5 cm³/mol. The Morgan fingerprint density at radius 2 is 2.12 bits per heavy atom. The molecule has 0 spiro atoms. The molecule has 2 aromatic rings. The van der Waals surface area contributed by atoms with Gasteiger partial charge in [0.1, 0.15) is 18.2 Å². The number of nitrogens with zero attached hydrogens (tertiary/aromatic N) is 1. The van der Waals surface area contributed by atoms with Crippen LogP contribution in [0, 0.1) is 3.57 Å². The molecule has 17 heavy (non-hydrogen) atoms. The Morgan fingerprint density at radius 1 is 1.29 bits per heavy atom. The lowest BCUT2D eigenvalue weighted by molar-refractivity contribution is 0.304. The summed E-state index contributed by atoms with van der Waals surface area (Å²) in [4.78, 5) is 4.04. The van der Waals surface area contributed by atoms with Crippen molar-refractivity contribution in [3.63, 3.8) is 0 Å². The van der Waals surface area contributed by atoms with E-state index >= 15 is 0 Å². The fraction of sp³-hybridized carbons (Fsp3) is 0.0833. The van der Waals surface area contributed by atoms with Crippen molar-refractivity contribution in [1.82, 2.24) is 4.98 Å². The number of ether oxygens (including phenoxy) is 1. The molecule has 0 bridgehead atoms. The second-order valence-electron chi connectivity index (χ2n) is 3.41. The fourth-order valence-corrected chi connectivity index (χ4v) is 1.91. The summed E-state index contributed by atoms with van der Waals surface area (Å²) >= 11 is 2.25. The van der Waals surface area contributed by atoms with Crippen molar-refractivity contribution in [2.45, 2.75) is 6.61 Å². The molecule has 4 nitrogen and oxygen atoms in total. The highest BCUT2D eigenvalue weighted by molar-refractivity contribution is 14.1. The van der Waals surface area contributed by atoms with Crippen molar-refractivity contribution in [2.24, 2.45) is 5.84 Å². The second-order valence-corrected chi connectivity index (χ2v) is 4.57. The number of benzene rings is 1. The molecule has 88 valence electrons. The van der Waals surface area contributed by atoms with E-state index in [4.69, 9.17) is 10.6 Å². The van der Waals surface area contributed by atoms with Gasteiger partial charge in [0.05, 0.1) is 3.57 Å². The molecule has 2 rings (SSSR count). The van der Waals surface area contributed by atoms with Crippen molar-refractivity contribution in [3.05, 3.63) is 51.7 Å². The van der Waals surface area contributed by atoms with Crippen LogP contribution in [0.25, 0.3) is 0 Å². The Kier molecular flexibility index (Phi) is 4.16. The topological polar surface area (TPSA) is 60.2 Å². The summed E-state index contributed by atoms with van der Waals surface area (Å²) in [6.07, 6.45) is 1.70. The molecule has 0 fully saturated rings. The Hall–Kier alpha value is -1.34. The maximum Gasteiger partial charge on any atom is 0.140 e. The minimum absolute atomic E-state index is 0.497. The highest BCUT2D eigenvalue weighted by atomic mass is 127. The highest BCUT2D eigenvalue weighted by Crippen LogP contribution is 2.21. The van der Waals surface area contributed by atoms with Crippen molar-refractivity contribution >= 4 is 28.4 Å². The molecule has 0 aliphatic heterocycles. The van der Waals surface area contributed by atoms with E-state index in [1.54, 1.807) is 6.20 Å². The average molecular weight is 341 g/mol. The number of nitrogen functional groups attached to an aromatic ring is 1. The molecule has 0 unspecified atom stereocenters. The maximum absolute atomic E-state index is 5.72. The molecule has 0 aliphatic rings. The Morgan fingerprint density at radius 3 is 2.88 bits per heavy atom. The van der Waals surface area contributed by atoms with E-state index in [-0.39, 0.29) is 0 Å². The zero-order valence-corrected chi connectivity index (χ0v) is 11.2. The zero-order valence-electron chi connectivity index (χ0n) is 9.06. The standard InChI is InChI=1S/C12H12IN3O/c13-10-3-1-2-4-11(10)17-8-9-5-6-15-12(7-9)16-14/h1-7H,8,14H2,(H,15,16). The average Bonchev–Trinajstić information content (AvgIpc) is 2.38. The maximum atomic E-state index is 5.72. The van der Waals surface area contributed by atoms with Gasteiger partial charge in [-0.3, -0.25) is 0 Å². The summed E-state index contributed by atoms with van der Waals surface area (Å²) in [6, 6.07) is 11.7. The van der Waals surface area contributed by atoms with Gasteiger partial charge in [0, 0.05) is 6.20 Å². The van der Waals surface area contributed by atoms with Crippen LogP contribution in [0.2, 0.25) is 0 Å². The number of para-hydroxylation sites is 1. The van der Waals surface area contributed by atoms with E-state index in [2.05, 4.69) is 33.0 Å². The molecule has 5 heteroatoms. The first-order valence-electron chi connectivity index (χ1n) is 5.08. The van der Waals surface area contributed by atoms with Crippen LogP contribution in [0.3, 0.4) is 0 Å². The normalized spacial score (nSPS) is 10.0. The summed E-state index contributed by atoms with van der Waals surface area (Å²) in [5.41, 5.74) is 3.53. The molecule has 0 aliphatic carbocycles. The molecular formula is C12H12IN3O. The number of halogens is 1. The molecule has 0 amide bonds. The van der Waals surface area contributed by atoms with E-state index in [0.29, 0.717) is 12.4 Å². The van der Waals surface area contributed by atoms with Crippen molar-refractivity contribution in [3.8, 4) is 5.75 Å². The third kappa shape index (κ3) is 3.31. The summed E-state index contributed by atoms with van der Waals surface area (Å²) in [5.74, 6) is 6.81. The third-order valence-electron chi connectivity index (χ3n) is 2.20. The third-order valence-corrected chi connectivity index (χ3v) is 3.09. The van der Waals surface area contributed by atoms with Gasteiger partial charge >= 0.3 is 0 Å². The lowest BCUT2D eigenvalue weighted by Crippen LogP contribution is -2.09. The van der Waals surface area contributed by atoms with Gasteiger partial charge in [-0.2, -0.15) is 0 Å². The fourth-order valence-electron chi connectivity index (χ4n) is 1.37. The molecule has 1 heterocycles. The van der Waals surface area contributed by atoms with Gasteiger partial charge in [-0.1, -0.05) is 12.1 Å². The van der Waals surface area contributed by atoms with E-state index < -0.39 is 0 Å². The highest BCUT2D eigenvalue weighted by Gasteiger charge is 2.01. The van der Waals surface area contributed by atoms with E-state index in [9.17, 15) is 0 Å². The van der Waals surface area contributed by atoms with Crippen LogP contribution in [-0.2, 0) is 6.61 Å². The Balaban J connectivity index is 2.05. The summed E-state index contributed by atoms with van der Waals surface area (Å²) in [7, 11) is 0. The second kappa shape index (κ2) is 5.83. The largest absolute Gasteiger partial charge is 0.488 e. The van der Waals surface area contributed by atoms with Crippen LogP contribution >= 0.6 is 22.6 Å². The van der Waals surface area contributed by atoms with Gasteiger partial charge in [0.2, 0.25) is 0 Å². The number of nitrogens with two attached hydrogens (primary N) is 1. The van der Waals surface area contributed by atoms with Crippen molar-refractivity contribution < 1.29 is 4.74 Å². The van der Waals surface area contributed by atoms with Crippen LogP contribution in [0.1, 0.15) is 5.56 Å². The zero-order chi connectivity index (χ0) is 12.1. The molecule has 0 radical (unpaired) electrons. The van der Waals surface area contributed by atoms with Crippen LogP contribution in [-0.4, -0.2) is 4.98 Å². The number of hydrogen-bond donors (Lipinski definition) is 2. The number of hydrazine groups is 1. The SMILES string of the molecule is NNc1cc(COc2ccccc2I)ccn1. The minimum Gasteiger partial charge on any atom is -0.488 e. The Bertz CT molecular complexity index is 505. The molecular weight excluding hydrogens is 329 g/mol. The molecule has 1 aromatic carbocycles. The molecule has 0 saturated heterocycles. The van der Waals surface area contributed by atoms with Crippen LogP contribution in [0.15, 0.2) is 42.6 Å². The van der Waals surface area contributed by atoms with E-state index in [0.717, 1.165) is 14.9 Å². The van der Waals surface area contributed by atoms with Crippen molar-refractivity contribution in [2.75, 3.05) is 5.43 Å². The first-order valence-corrected chi connectivity index (χ1v) is 6.16. The molecule has 3 N–H and O–H groups in total. The van der Waals surface area contributed by atoms with Crippen LogP contribution in [0.5, 0.6) is 5.75 Å². The molecule has 0 saturated carbocycles. The Labute approximate surface area is 113 Å². The van der Waals surface area contributed by atoms with Gasteiger partial charge in [-0.05, 0) is 52.4 Å². The van der Waals surface area contributed by atoms with Gasteiger partial charge < -0.3 is 10.2 Å². The van der Waals surface area contributed by atoms with Crippen LogP contribution < -0.4 is 16.0 Å². The number of pyridine rings is 1. The summed E-state index contributed by atoms with van der Waals surface area (Å²) in [6.45, 7) is 0.497. The summed E-state index contributed by atoms with van der Waals surface area (Å²) in [5, 5.41) is 0. The van der Waals surface area contributed by atoms with Gasteiger partial charge in [0.25, 0.3) is 0 Å². The van der Waals surface area contributed by atoms with Crippen molar-refractivity contribution in [1.29, 1.82) is 0 Å². The van der Waals surface area contributed by atoms with Crippen LogP contribution in [0.4, 0.5) is 5.82 Å². The molecule has 0 atom stereocenters. The van der Waals surface area contributed by atoms with E-state index in [1.807, 2.05) is 36.4 Å².